The normalized spacial score (nSPS) is 11.3. The Kier molecular flexibility index (Phi) is 6.13. The highest BCUT2D eigenvalue weighted by Crippen LogP contribution is 2.23. The van der Waals surface area contributed by atoms with Crippen LogP contribution in [-0.2, 0) is 19.4 Å². The quantitative estimate of drug-likeness (QED) is 0.642. The molecule has 136 valence electrons. The molecule has 0 aromatic heterocycles. The predicted molar refractivity (Wildman–Crippen MR) is 97.9 cm³/mol. The molecule has 3 N–H and O–H groups in total. The largest absolute Gasteiger partial charge is 0.478 e. The van der Waals surface area contributed by atoms with E-state index in [4.69, 9.17) is 5.11 Å². The number of rotatable bonds is 7. The molecule has 0 atom stereocenters. The minimum Gasteiger partial charge on any atom is -0.478 e. The van der Waals surface area contributed by atoms with Crippen LogP contribution in [-0.4, -0.2) is 31.9 Å². The number of carbonyl (C=O) groups excluding carboxylic acids is 1. The van der Waals surface area contributed by atoms with Crippen molar-refractivity contribution in [2.24, 2.45) is 0 Å². The van der Waals surface area contributed by atoms with Gasteiger partial charge in [0, 0.05) is 30.9 Å². The lowest BCUT2D eigenvalue weighted by Gasteiger charge is -2.08. The lowest BCUT2D eigenvalue weighted by molar-refractivity contribution is -0.131. The number of carboxylic acid groups (broad SMARTS) is 1. The van der Waals surface area contributed by atoms with Crippen molar-refractivity contribution < 1.29 is 23.1 Å². The van der Waals surface area contributed by atoms with Crippen LogP contribution in [0.5, 0.6) is 0 Å². The maximum atomic E-state index is 12.6. The molecule has 0 aliphatic rings. The zero-order valence-corrected chi connectivity index (χ0v) is 14.8. The number of aliphatic carboxylic acids is 1. The van der Waals surface area contributed by atoms with Gasteiger partial charge in [0.2, 0.25) is 15.7 Å². The third kappa shape index (κ3) is 5.18. The number of hydrogen-bond donors (Lipinski definition) is 3. The molecule has 0 aliphatic heterocycles. The summed E-state index contributed by atoms with van der Waals surface area (Å²) in [5.41, 5.74) is 1.19. The SMILES string of the molecule is CC(=O)Nc1ccc(S(=O)(=O)c2ccc(NC/C=C/C(=O)O)cc2)cc1. The summed E-state index contributed by atoms with van der Waals surface area (Å²) in [6.45, 7) is 1.68. The van der Waals surface area contributed by atoms with E-state index in [0.29, 0.717) is 17.9 Å². The van der Waals surface area contributed by atoms with Crippen LogP contribution >= 0.6 is 0 Å². The van der Waals surface area contributed by atoms with Gasteiger partial charge in [-0.15, -0.1) is 0 Å². The summed E-state index contributed by atoms with van der Waals surface area (Å²) in [6.07, 6.45) is 2.47. The van der Waals surface area contributed by atoms with Gasteiger partial charge in [0.25, 0.3) is 0 Å². The first kappa shape index (κ1) is 19.2. The average Bonchev–Trinajstić information content (AvgIpc) is 2.59. The molecule has 0 unspecified atom stereocenters. The summed E-state index contributed by atoms with van der Waals surface area (Å²) in [7, 11) is -3.67. The minimum atomic E-state index is -3.67. The first-order valence-corrected chi connectivity index (χ1v) is 9.13. The van der Waals surface area contributed by atoms with Crippen molar-refractivity contribution in [1.82, 2.24) is 0 Å². The second-order valence-corrected chi connectivity index (χ2v) is 7.30. The van der Waals surface area contributed by atoms with Gasteiger partial charge in [-0.1, -0.05) is 6.08 Å². The zero-order chi connectivity index (χ0) is 19.2. The maximum Gasteiger partial charge on any atom is 0.328 e. The van der Waals surface area contributed by atoms with Gasteiger partial charge in [0.05, 0.1) is 9.79 Å². The van der Waals surface area contributed by atoms with Crippen molar-refractivity contribution >= 4 is 33.1 Å². The summed E-state index contributed by atoms with van der Waals surface area (Å²) in [4.78, 5) is 21.6. The monoisotopic (exact) mass is 374 g/mol. The first-order chi connectivity index (χ1) is 12.3. The maximum absolute atomic E-state index is 12.6. The molecule has 2 aromatic carbocycles. The highest BCUT2D eigenvalue weighted by Gasteiger charge is 2.17. The second kappa shape index (κ2) is 8.30. The van der Waals surface area contributed by atoms with E-state index in [1.54, 1.807) is 12.1 Å². The van der Waals surface area contributed by atoms with Gasteiger partial charge < -0.3 is 15.7 Å². The molecule has 2 rings (SSSR count). The number of carbonyl (C=O) groups is 2. The van der Waals surface area contributed by atoms with Crippen molar-refractivity contribution in [2.75, 3.05) is 17.2 Å². The fourth-order valence-corrected chi connectivity index (χ4v) is 3.41. The van der Waals surface area contributed by atoms with Crippen LogP contribution in [0.2, 0.25) is 0 Å². The molecule has 0 heterocycles. The van der Waals surface area contributed by atoms with Gasteiger partial charge in [-0.3, -0.25) is 4.79 Å². The molecule has 2 aromatic rings. The van der Waals surface area contributed by atoms with Gasteiger partial charge in [-0.05, 0) is 48.5 Å². The Bertz CT molecular complexity index is 917. The molecule has 0 spiro atoms. The number of carboxylic acids is 1. The standard InChI is InChI=1S/C18H18N2O5S/c1-13(21)20-15-6-10-17(11-7-15)26(24,25)16-8-4-14(5-9-16)19-12-2-3-18(22)23/h2-11,19H,12H2,1H3,(H,20,21)(H,22,23)/b3-2+. The van der Waals surface area contributed by atoms with Crippen molar-refractivity contribution in [1.29, 1.82) is 0 Å². The van der Waals surface area contributed by atoms with Crippen LogP contribution in [0.4, 0.5) is 11.4 Å². The third-order valence-electron chi connectivity index (χ3n) is 3.33. The van der Waals surface area contributed by atoms with Gasteiger partial charge >= 0.3 is 5.97 Å². The Hall–Kier alpha value is -3.13. The van der Waals surface area contributed by atoms with E-state index >= 15 is 0 Å². The van der Waals surface area contributed by atoms with E-state index in [9.17, 15) is 18.0 Å². The van der Waals surface area contributed by atoms with Crippen LogP contribution in [0.1, 0.15) is 6.92 Å². The number of benzene rings is 2. The average molecular weight is 374 g/mol. The molecule has 0 aliphatic carbocycles. The van der Waals surface area contributed by atoms with Crippen molar-refractivity contribution in [2.45, 2.75) is 16.7 Å². The molecule has 0 fully saturated rings. The molecule has 26 heavy (non-hydrogen) atoms. The number of sulfone groups is 1. The highest BCUT2D eigenvalue weighted by molar-refractivity contribution is 7.91. The molecule has 0 saturated heterocycles. The molecular formula is C18H18N2O5S. The third-order valence-corrected chi connectivity index (χ3v) is 5.12. The van der Waals surface area contributed by atoms with E-state index < -0.39 is 15.8 Å². The van der Waals surface area contributed by atoms with E-state index in [0.717, 1.165) is 6.08 Å². The van der Waals surface area contributed by atoms with Crippen molar-refractivity contribution in [3.8, 4) is 0 Å². The van der Waals surface area contributed by atoms with Crippen molar-refractivity contribution in [3.05, 3.63) is 60.7 Å². The van der Waals surface area contributed by atoms with Gasteiger partial charge in [0.1, 0.15) is 0 Å². The highest BCUT2D eigenvalue weighted by atomic mass is 32.2. The summed E-state index contributed by atoms with van der Waals surface area (Å²) in [6, 6.07) is 12.1. The van der Waals surface area contributed by atoms with Crippen LogP contribution in [0.3, 0.4) is 0 Å². The Labute approximate surface area is 151 Å². The van der Waals surface area contributed by atoms with E-state index in [1.165, 1.54) is 49.4 Å². The lowest BCUT2D eigenvalue weighted by atomic mass is 10.3. The summed E-state index contributed by atoms with van der Waals surface area (Å²) < 4.78 is 25.3. The lowest BCUT2D eigenvalue weighted by Crippen LogP contribution is -2.06. The first-order valence-electron chi connectivity index (χ1n) is 7.65. The number of amides is 1. The molecular weight excluding hydrogens is 356 g/mol. The predicted octanol–water partition coefficient (Wildman–Crippen LogP) is 2.53. The molecule has 1 amide bonds. The Balaban J connectivity index is 2.11. The summed E-state index contributed by atoms with van der Waals surface area (Å²) in [5.74, 6) is -1.26. The van der Waals surface area contributed by atoms with Crippen LogP contribution < -0.4 is 10.6 Å². The van der Waals surface area contributed by atoms with Crippen LogP contribution in [0.25, 0.3) is 0 Å². The molecule has 0 saturated carbocycles. The topological polar surface area (TPSA) is 113 Å². The zero-order valence-electron chi connectivity index (χ0n) is 14.0. The van der Waals surface area contributed by atoms with E-state index in [1.807, 2.05) is 0 Å². The van der Waals surface area contributed by atoms with Gasteiger partial charge in [-0.2, -0.15) is 0 Å². The Morgan fingerprint density at radius 3 is 1.92 bits per heavy atom. The smallest absolute Gasteiger partial charge is 0.328 e. The van der Waals surface area contributed by atoms with E-state index in [-0.39, 0.29) is 15.7 Å². The van der Waals surface area contributed by atoms with Crippen LogP contribution in [0.15, 0.2) is 70.5 Å². The second-order valence-electron chi connectivity index (χ2n) is 5.35. The number of nitrogens with one attached hydrogen (secondary N) is 2. The van der Waals surface area contributed by atoms with E-state index in [2.05, 4.69) is 10.6 Å². The van der Waals surface area contributed by atoms with Gasteiger partial charge in [-0.25, -0.2) is 13.2 Å². The minimum absolute atomic E-state index is 0.122. The van der Waals surface area contributed by atoms with Gasteiger partial charge in [0.15, 0.2) is 0 Å². The number of anilines is 2. The fraction of sp³-hybridized carbons (Fsp3) is 0.111. The number of hydrogen-bond acceptors (Lipinski definition) is 5. The van der Waals surface area contributed by atoms with Crippen LogP contribution in [0, 0.1) is 0 Å². The summed E-state index contributed by atoms with van der Waals surface area (Å²) in [5, 5.41) is 14.0. The Morgan fingerprint density at radius 2 is 1.46 bits per heavy atom. The fourth-order valence-electron chi connectivity index (χ4n) is 2.15. The summed E-state index contributed by atoms with van der Waals surface area (Å²) >= 11 is 0. The molecule has 0 bridgehead atoms. The molecule has 8 heteroatoms. The molecule has 7 nitrogen and oxygen atoms in total. The molecule has 0 radical (unpaired) electrons. The Morgan fingerprint density at radius 1 is 0.962 bits per heavy atom. The van der Waals surface area contributed by atoms with Crippen molar-refractivity contribution in [3.63, 3.8) is 0 Å².